The normalized spacial score (nSPS) is 28.9. The number of hydrogen-bond acceptors (Lipinski definition) is 6. The standard InChI is InChI=1S/C23H28N4O3/c24-23(29)17-9-20(30-14-15-5-2-1-3-6-15)18-12-27-21(13-26(18)11-17)25-10-16-7-4-8-19(28)22(16)27/h1-3,5-6,11,16,21-22,25H,4,7-10,12-14H2,(H2,24,29). The van der Waals surface area contributed by atoms with E-state index >= 15 is 0 Å². The zero-order chi connectivity index (χ0) is 20.7. The third-order valence-electron chi connectivity index (χ3n) is 6.75. The predicted octanol–water partition coefficient (Wildman–Crippen LogP) is 1.47. The molecule has 4 aliphatic rings. The molecule has 0 spiro atoms. The lowest BCUT2D eigenvalue weighted by Crippen LogP contribution is -2.69. The Morgan fingerprint density at radius 2 is 2.10 bits per heavy atom. The quantitative estimate of drug-likeness (QED) is 0.785. The summed E-state index contributed by atoms with van der Waals surface area (Å²) < 4.78 is 6.22. The molecule has 1 aliphatic carbocycles. The molecule has 7 heteroatoms. The van der Waals surface area contributed by atoms with Crippen molar-refractivity contribution in [2.75, 3.05) is 19.6 Å². The van der Waals surface area contributed by atoms with Crippen LogP contribution < -0.4 is 11.1 Å². The first kappa shape index (κ1) is 19.3. The van der Waals surface area contributed by atoms with E-state index in [0.717, 1.165) is 36.4 Å². The van der Waals surface area contributed by atoms with Crippen molar-refractivity contribution in [1.29, 1.82) is 0 Å². The number of piperazine rings is 1. The number of hydrogen-bond donors (Lipinski definition) is 2. The monoisotopic (exact) mass is 408 g/mol. The van der Waals surface area contributed by atoms with E-state index in [1.54, 1.807) is 0 Å². The smallest absolute Gasteiger partial charge is 0.246 e. The Labute approximate surface area is 176 Å². The molecule has 5 rings (SSSR count). The number of amides is 1. The molecule has 0 aromatic heterocycles. The van der Waals surface area contributed by atoms with E-state index in [1.165, 1.54) is 0 Å². The summed E-state index contributed by atoms with van der Waals surface area (Å²) in [5.41, 5.74) is 8.27. The van der Waals surface area contributed by atoms with E-state index in [2.05, 4.69) is 15.1 Å². The van der Waals surface area contributed by atoms with Gasteiger partial charge in [0.1, 0.15) is 18.1 Å². The lowest BCUT2D eigenvalue weighted by Gasteiger charge is -2.53. The number of allylic oxidation sites excluding steroid dienone is 1. The average Bonchev–Trinajstić information content (AvgIpc) is 2.76. The molecule has 30 heavy (non-hydrogen) atoms. The largest absolute Gasteiger partial charge is 0.491 e. The SMILES string of the molecule is NC(=O)C1=CN2CC3NCC4CCCC(=O)C4N3CC2=C(OCc2ccccc2)C1. The summed E-state index contributed by atoms with van der Waals surface area (Å²) in [7, 11) is 0. The average molecular weight is 409 g/mol. The first-order valence-electron chi connectivity index (χ1n) is 10.8. The van der Waals surface area contributed by atoms with Crippen molar-refractivity contribution >= 4 is 11.7 Å². The summed E-state index contributed by atoms with van der Waals surface area (Å²) >= 11 is 0. The van der Waals surface area contributed by atoms with Crippen molar-refractivity contribution in [3.63, 3.8) is 0 Å². The molecule has 0 radical (unpaired) electrons. The van der Waals surface area contributed by atoms with Crippen molar-refractivity contribution in [3.05, 3.63) is 59.1 Å². The fraction of sp³-hybridized carbons (Fsp3) is 0.478. The van der Waals surface area contributed by atoms with E-state index < -0.39 is 5.91 Å². The van der Waals surface area contributed by atoms with Crippen molar-refractivity contribution in [1.82, 2.24) is 15.1 Å². The van der Waals surface area contributed by atoms with E-state index in [-0.39, 0.29) is 12.2 Å². The molecule has 2 saturated heterocycles. The molecule has 1 aromatic rings. The molecule has 3 unspecified atom stereocenters. The van der Waals surface area contributed by atoms with Gasteiger partial charge in [0, 0.05) is 37.7 Å². The molecule has 0 bridgehead atoms. The number of benzene rings is 1. The molecule has 3 atom stereocenters. The van der Waals surface area contributed by atoms with Crippen molar-refractivity contribution in [3.8, 4) is 0 Å². The lowest BCUT2D eigenvalue weighted by atomic mass is 9.80. The van der Waals surface area contributed by atoms with Crippen LogP contribution in [0.25, 0.3) is 0 Å². The van der Waals surface area contributed by atoms with Crippen LogP contribution >= 0.6 is 0 Å². The molecule has 1 saturated carbocycles. The molecule has 3 N–H and O–H groups in total. The fourth-order valence-electron chi connectivity index (χ4n) is 5.23. The van der Waals surface area contributed by atoms with Gasteiger partial charge in [-0.25, -0.2) is 0 Å². The molecule has 3 aliphatic heterocycles. The van der Waals surface area contributed by atoms with Gasteiger partial charge in [-0.15, -0.1) is 0 Å². The maximum absolute atomic E-state index is 12.8. The van der Waals surface area contributed by atoms with Crippen LogP contribution in [0.3, 0.4) is 0 Å². The van der Waals surface area contributed by atoms with E-state index in [0.29, 0.717) is 49.8 Å². The lowest BCUT2D eigenvalue weighted by molar-refractivity contribution is -0.134. The number of Topliss-reactive ketones (excluding diaryl/α,β-unsaturated/α-hetero) is 1. The summed E-state index contributed by atoms with van der Waals surface area (Å²) in [5, 5.41) is 3.61. The number of primary amides is 1. The number of carbonyl (C=O) groups is 2. The van der Waals surface area contributed by atoms with Crippen LogP contribution in [0.1, 0.15) is 31.2 Å². The van der Waals surface area contributed by atoms with E-state index in [9.17, 15) is 9.59 Å². The number of rotatable bonds is 4. The number of fused-ring (bicyclic) bond motifs is 4. The number of nitrogens with two attached hydrogens (primary N) is 1. The third-order valence-corrected chi connectivity index (χ3v) is 6.75. The van der Waals surface area contributed by atoms with E-state index in [1.807, 2.05) is 36.5 Å². The Morgan fingerprint density at radius 3 is 2.90 bits per heavy atom. The Kier molecular flexibility index (Phi) is 5.08. The van der Waals surface area contributed by atoms with Crippen LogP contribution in [-0.2, 0) is 20.9 Å². The second-order valence-electron chi connectivity index (χ2n) is 8.65. The van der Waals surface area contributed by atoms with Crippen LogP contribution in [0.4, 0.5) is 0 Å². The molecular formula is C23H28N4O3. The highest BCUT2D eigenvalue weighted by atomic mass is 16.5. The fourth-order valence-corrected chi connectivity index (χ4v) is 5.23. The summed E-state index contributed by atoms with van der Waals surface area (Å²) in [6.07, 6.45) is 5.10. The molecule has 3 fully saturated rings. The van der Waals surface area contributed by atoms with Crippen molar-refractivity contribution in [2.24, 2.45) is 11.7 Å². The highest BCUT2D eigenvalue weighted by Gasteiger charge is 2.46. The molecule has 7 nitrogen and oxygen atoms in total. The molecule has 3 heterocycles. The Morgan fingerprint density at radius 1 is 1.27 bits per heavy atom. The van der Waals surface area contributed by atoms with Gasteiger partial charge in [0.25, 0.3) is 0 Å². The molecule has 158 valence electrons. The minimum Gasteiger partial charge on any atom is -0.491 e. The third kappa shape index (κ3) is 3.52. The molecule has 1 amide bonds. The summed E-state index contributed by atoms with van der Waals surface area (Å²) in [6.45, 7) is 2.61. The van der Waals surface area contributed by atoms with Gasteiger partial charge in [-0.1, -0.05) is 30.3 Å². The Bertz CT molecular complexity index is 910. The number of nitrogens with one attached hydrogen (secondary N) is 1. The van der Waals surface area contributed by atoms with Gasteiger partial charge >= 0.3 is 0 Å². The van der Waals surface area contributed by atoms with Gasteiger partial charge < -0.3 is 15.4 Å². The van der Waals surface area contributed by atoms with E-state index in [4.69, 9.17) is 10.5 Å². The zero-order valence-corrected chi connectivity index (χ0v) is 17.0. The summed E-state index contributed by atoms with van der Waals surface area (Å²) in [5.74, 6) is 1.10. The molecular weight excluding hydrogens is 380 g/mol. The van der Waals surface area contributed by atoms with Crippen LogP contribution in [0.5, 0.6) is 0 Å². The van der Waals surface area contributed by atoms with Crippen LogP contribution in [0.2, 0.25) is 0 Å². The maximum Gasteiger partial charge on any atom is 0.246 e. The number of ketones is 1. The number of nitrogens with zero attached hydrogens (tertiary/aromatic N) is 2. The predicted molar refractivity (Wildman–Crippen MR) is 111 cm³/mol. The maximum atomic E-state index is 12.8. The van der Waals surface area contributed by atoms with Crippen LogP contribution in [0.15, 0.2) is 53.6 Å². The topological polar surface area (TPSA) is 87.9 Å². The van der Waals surface area contributed by atoms with Gasteiger partial charge in [-0.2, -0.15) is 0 Å². The van der Waals surface area contributed by atoms with Gasteiger partial charge in [0.15, 0.2) is 0 Å². The second-order valence-corrected chi connectivity index (χ2v) is 8.65. The minimum absolute atomic E-state index is 0.0171. The number of carbonyl (C=O) groups excluding carboxylic acids is 2. The zero-order valence-electron chi connectivity index (χ0n) is 17.0. The first-order chi connectivity index (χ1) is 14.6. The summed E-state index contributed by atoms with van der Waals surface area (Å²) in [6, 6.07) is 9.97. The highest BCUT2D eigenvalue weighted by Crippen LogP contribution is 2.36. The van der Waals surface area contributed by atoms with Crippen molar-refractivity contribution < 1.29 is 14.3 Å². The van der Waals surface area contributed by atoms with Crippen molar-refractivity contribution in [2.45, 2.75) is 44.5 Å². The van der Waals surface area contributed by atoms with Gasteiger partial charge in [0.2, 0.25) is 5.91 Å². The van der Waals surface area contributed by atoms with Gasteiger partial charge in [-0.05, 0) is 24.3 Å². The van der Waals surface area contributed by atoms with Crippen LogP contribution in [-0.4, -0.2) is 53.3 Å². The van der Waals surface area contributed by atoms with Crippen LogP contribution in [0, 0.1) is 5.92 Å². The minimum atomic E-state index is -0.420. The highest BCUT2D eigenvalue weighted by molar-refractivity contribution is 5.92. The van der Waals surface area contributed by atoms with Gasteiger partial charge in [-0.3, -0.25) is 19.8 Å². The second kappa shape index (κ2) is 7.89. The molecule has 1 aromatic carbocycles. The number of ether oxygens (including phenoxy) is 1. The van der Waals surface area contributed by atoms with Gasteiger partial charge in [0.05, 0.1) is 24.4 Å². The first-order valence-corrected chi connectivity index (χ1v) is 10.8. The Balaban J connectivity index is 1.43. The Hall–Kier alpha value is -2.64. The summed E-state index contributed by atoms with van der Waals surface area (Å²) in [4.78, 5) is 29.1.